The number of primary amides is 1. The van der Waals surface area contributed by atoms with Crippen LogP contribution < -0.4 is 25.8 Å². The number of carbonyl (C=O) groups excluding carboxylic acids is 2. The average molecular weight is 327 g/mol. The maximum Gasteiger partial charge on any atom is 0.312 e. The zero-order valence-electron chi connectivity index (χ0n) is 12.8. The molecule has 0 aliphatic rings. The maximum absolute atomic E-state index is 12.3. The summed E-state index contributed by atoms with van der Waals surface area (Å²) in [5, 5.41) is 5.17. The maximum atomic E-state index is 12.3. The highest BCUT2D eigenvalue weighted by molar-refractivity contribution is 7.98. The number of hydrogen-bond acceptors (Lipinski definition) is 5. The van der Waals surface area contributed by atoms with Gasteiger partial charge in [0.2, 0.25) is 5.91 Å². The highest BCUT2D eigenvalue weighted by Crippen LogP contribution is 2.29. The molecule has 0 bridgehead atoms. The fourth-order valence-corrected chi connectivity index (χ4v) is 2.27. The minimum Gasteiger partial charge on any atom is -0.497 e. The molecule has 3 amide bonds. The van der Waals surface area contributed by atoms with Crippen molar-refractivity contribution in [2.75, 3.05) is 31.5 Å². The summed E-state index contributed by atoms with van der Waals surface area (Å²) >= 11 is 1.58. The van der Waals surface area contributed by atoms with Crippen molar-refractivity contribution in [2.45, 2.75) is 12.5 Å². The molecule has 0 heterocycles. The quantitative estimate of drug-likeness (QED) is 0.670. The lowest BCUT2D eigenvalue weighted by atomic mass is 10.2. The summed E-state index contributed by atoms with van der Waals surface area (Å²) in [4.78, 5) is 23.3. The number of nitrogens with two attached hydrogens (primary N) is 1. The standard InChI is InChI=1S/C14H21N3O4S/c1-20-9-4-5-10(12(8-9)21-2)16-13(18)11(6-7-22-3)17-14(15)19/h4-5,8,11H,6-7H2,1-3H3,(H,16,18)(H3,15,17,19)/t11-/m1/s1. The Morgan fingerprint density at radius 1 is 1.32 bits per heavy atom. The number of nitrogens with one attached hydrogen (secondary N) is 2. The fraction of sp³-hybridized carbons (Fsp3) is 0.429. The smallest absolute Gasteiger partial charge is 0.312 e. The van der Waals surface area contributed by atoms with E-state index in [4.69, 9.17) is 15.2 Å². The Kier molecular flexibility index (Phi) is 7.38. The van der Waals surface area contributed by atoms with Crippen molar-refractivity contribution >= 4 is 29.4 Å². The number of thioether (sulfide) groups is 1. The predicted molar refractivity (Wildman–Crippen MR) is 87.7 cm³/mol. The fourth-order valence-electron chi connectivity index (χ4n) is 1.80. The lowest BCUT2D eigenvalue weighted by molar-refractivity contribution is -0.118. The molecule has 8 heteroatoms. The minimum absolute atomic E-state index is 0.351. The van der Waals surface area contributed by atoms with Crippen LogP contribution in [0.15, 0.2) is 18.2 Å². The van der Waals surface area contributed by atoms with Crippen molar-refractivity contribution in [3.8, 4) is 11.5 Å². The molecule has 1 rings (SSSR count). The Morgan fingerprint density at radius 3 is 2.59 bits per heavy atom. The van der Waals surface area contributed by atoms with Gasteiger partial charge in [-0.15, -0.1) is 0 Å². The first-order chi connectivity index (χ1) is 10.5. The lowest BCUT2D eigenvalue weighted by Crippen LogP contribution is -2.46. The molecule has 122 valence electrons. The van der Waals surface area contributed by atoms with Gasteiger partial charge in [-0.3, -0.25) is 4.79 Å². The Hall–Kier alpha value is -2.09. The molecule has 0 saturated carbocycles. The number of ether oxygens (including phenoxy) is 2. The van der Waals surface area contributed by atoms with Gasteiger partial charge in [0.05, 0.1) is 19.9 Å². The first-order valence-corrected chi connectivity index (χ1v) is 7.99. The van der Waals surface area contributed by atoms with Crippen LogP contribution in [0.5, 0.6) is 11.5 Å². The molecule has 1 aromatic rings. The van der Waals surface area contributed by atoms with E-state index in [0.717, 1.165) is 5.75 Å². The van der Waals surface area contributed by atoms with Crippen LogP contribution in [0.1, 0.15) is 6.42 Å². The van der Waals surface area contributed by atoms with E-state index in [9.17, 15) is 9.59 Å². The van der Waals surface area contributed by atoms with E-state index >= 15 is 0 Å². The third kappa shape index (κ3) is 5.36. The minimum atomic E-state index is -0.733. The van der Waals surface area contributed by atoms with Crippen molar-refractivity contribution in [1.82, 2.24) is 5.32 Å². The molecule has 0 aromatic heterocycles. The van der Waals surface area contributed by atoms with Gasteiger partial charge in [-0.2, -0.15) is 11.8 Å². The number of rotatable bonds is 8. The van der Waals surface area contributed by atoms with Crippen molar-refractivity contribution in [3.63, 3.8) is 0 Å². The van der Waals surface area contributed by atoms with Crippen LogP contribution in [0.3, 0.4) is 0 Å². The van der Waals surface area contributed by atoms with E-state index in [1.807, 2.05) is 6.26 Å². The van der Waals surface area contributed by atoms with E-state index in [-0.39, 0.29) is 5.91 Å². The highest BCUT2D eigenvalue weighted by Gasteiger charge is 2.20. The number of hydrogen-bond donors (Lipinski definition) is 3. The van der Waals surface area contributed by atoms with E-state index in [2.05, 4.69) is 10.6 Å². The van der Waals surface area contributed by atoms with Gasteiger partial charge in [0.1, 0.15) is 17.5 Å². The third-order valence-electron chi connectivity index (χ3n) is 2.91. The molecule has 7 nitrogen and oxygen atoms in total. The van der Waals surface area contributed by atoms with Crippen molar-refractivity contribution < 1.29 is 19.1 Å². The summed E-state index contributed by atoms with van der Waals surface area (Å²) in [6, 6.07) is 3.61. The summed E-state index contributed by atoms with van der Waals surface area (Å²) in [6.45, 7) is 0. The third-order valence-corrected chi connectivity index (χ3v) is 3.55. The Labute approximate surface area is 133 Å². The molecule has 0 unspecified atom stereocenters. The van der Waals surface area contributed by atoms with E-state index in [1.54, 1.807) is 37.1 Å². The van der Waals surface area contributed by atoms with Gasteiger partial charge in [0.15, 0.2) is 0 Å². The summed E-state index contributed by atoms with van der Waals surface area (Å²) in [5.41, 5.74) is 5.61. The van der Waals surface area contributed by atoms with Crippen LogP contribution in [0, 0.1) is 0 Å². The number of amides is 3. The molecule has 22 heavy (non-hydrogen) atoms. The number of anilines is 1. The summed E-state index contributed by atoms with van der Waals surface area (Å²) < 4.78 is 10.3. The zero-order valence-corrected chi connectivity index (χ0v) is 13.7. The molecular weight excluding hydrogens is 306 g/mol. The van der Waals surface area contributed by atoms with E-state index in [1.165, 1.54) is 7.11 Å². The highest BCUT2D eigenvalue weighted by atomic mass is 32.2. The second-order valence-corrected chi connectivity index (χ2v) is 5.38. The van der Waals surface area contributed by atoms with Crippen LogP contribution in [0.2, 0.25) is 0 Å². The van der Waals surface area contributed by atoms with Gasteiger partial charge >= 0.3 is 6.03 Å². The molecular formula is C14H21N3O4S. The van der Waals surface area contributed by atoms with Gasteiger partial charge in [-0.05, 0) is 30.6 Å². The van der Waals surface area contributed by atoms with Crippen LogP contribution in [0.4, 0.5) is 10.5 Å². The number of carbonyl (C=O) groups is 2. The summed E-state index contributed by atoms with van der Waals surface area (Å²) in [5.74, 6) is 1.45. The van der Waals surface area contributed by atoms with Gasteiger partial charge in [-0.25, -0.2) is 4.79 Å². The molecule has 0 saturated heterocycles. The molecule has 4 N–H and O–H groups in total. The van der Waals surface area contributed by atoms with Crippen LogP contribution in [0.25, 0.3) is 0 Å². The largest absolute Gasteiger partial charge is 0.497 e. The van der Waals surface area contributed by atoms with E-state index < -0.39 is 12.1 Å². The van der Waals surface area contributed by atoms with Gasteiger partial charge < -0.3 is 25.8 Å². The second-order valence-electron chi connectivity index (χ2n) is 4.40. The molecule has 0 spiro atoms. The van der Waals surface area contributed by atoms with Crippen LogP contribution in [-0.4, -0.2) is 44.2 Å². The molecule has 1 atom stereocenters. The zero-order chi connectivity index (χ0) is 16.5. The molecule has 0 aliphatic heterocycles. The lowest BCUT2D eigenvalue weighted by Gasteiger charge is -2.18. The average Bonchev–Trinajstić information content (AvgIpc) is 2.51. The number of benzene rings is 1. The Bertz CT molecular complexity index is 525. The number of urea groups is 1. The Balaban J connectivity index is 2.85. The molecule has 0 aliphatic carbocycles. The summed E-state index contributed by atoms with van der Waals surface area (Å²) in [7, 11) is 3.04. The van der Waals surface area contributed by atoms with Crippen molar-refractivity contribution in [3.05, 3.63) is 18.2 Å². The molecule has 0 radical (unpaired) electrons. The van der Waals surface area contributed by atoms with Crippen LogP contribution >= 0.6 is 11.8 Å². The predicted octanol–water partition coefficient (Wildman–Crippen LogP) is 1.43. The SMILES string of the molecule is COc1ccc(NC(=O)[C@@H](CCSC)NC(N)=O)c(OC)c1. The number of methoxy groups -OCH3 is 2. The Morgan fingerprint density at radius 2 is 2.05 bits per heavy atom. The second kappa shape index (κ2) is 9.04. The first kappa shape index (κ1) is 18.0. The van der Waals surface area contributed by atoms with Gasteiger partial charge in [0.25, 0.3) is 0 Å². The van der Waals surface area contributed by atoms with Crippen molar-refractivity contribution in [1.29, 1.82) is 0 Å². The van der Waals surface area contributed by atoms with Crippen molar-refractivity contribution in [2.24, 2.45) is 5.73 Å². The van der Waals surface area contributed by atoms with Gasteiger partial charge in [-0.1, -0.05) is 0 Å². The molecule has 1 aromatic carbocycles. The molecule has 0 fully saturated rings. The first-order valence-electron chi connectivity index (χ1n) is 6.59. The van der Waals surface area contributed by atoms with E-state index in [0.29, 0.717) is 23.6 Å². The van der Waals surface area contributed by atoms with Crippen LogP contribution in [-0.2, 0) is 4.79 Å². The normalized spacial score (nSPS) is 11.4. The van der Waals surface area contributed by atoms with Gasteiger partial charge in [0, 0.05) is 6.07 Å². The topological polar surface area (TPSA) is 103 Å². The monoisotopic (exact) mass is 327 g/mol. The summed E-state index contributed by atoms with van der Waals surface area (Å²) in [6.07, 6.45) is 2.40.